The molecule has 4 atom stereocenters. The van der Waals surface area contributed by atoms with Gasteiger partial charge in [0.1, 0.15) is 0 Å². The Labute approximate surface area is 95.0 Å². The Hall–Kier alpha value is -0.0400. The Balaban J connectivity index is 1.82. The predicted molar refractivity (Wildman–Crippen MR) is 65.9 cm³/mol. The summed E-state index contributed by atoms with van der Waals surface area (Å²) in [6, 6.07) is 0. The molecule has 0 aliphatic heterocycles. The molecule has 88 valence electrons. The predicted octanol–water partition coefficient (Wildman–Crippen LogP) is 3.45. The van der Waals surface area contributed by atoms with Crippen LogP contribution in [0.3, 0.4) is 0 Å². The molecule has 0 bridgehead atoms. The molecule has 0 heterocycles. The normalized spacial score (nSPS) is 41.2. The lowest BCUT2D eigenvalue weighted by atomic mass is 9.62. The Kier molecular flexibility index (Phi) is 4.07. The molecule has 4 unspecified atom stereocenters. The summed E-state index contributed by atoms with van der Waals surface area (Å²) in [5, 5.41) is 3.36. The molecule has 0 radical (unpaired) electrons. The van der Waals surface area contributed by atoms with Crippen LogP contribution in [0, 0.1) is 23.7 Å². The molecule has 2 fully saturated rings. The van der Waals surface area contributed by atoms with Crippen LogP contribution in [0.1, 0.15) is 51.9 Å². The quantitative estimate of drug-likeness (QED) is 0.748. The van der Waals surface area contributed by atoms with E-state index in [-0.39, 0.29) is 0 Å². The second-order valence-electron chi connectivity index (χ2n) is 5.76. The van der Waals surface area contributed by atoms with E-state index in [1.807, 2.05) is 0 Å². The van der Waals surface area contributed by atoms with Gasteiger partial charge in [-0.15, -0.1) is 0 Å². The maximum atomic E-state index is 3.36. The standard InChI is InChI=1S/C14H27N/c1-3-11-5-4-6-12(9-11)14-8-7-13(14)10-15-2/h11-15H,3-10H2,1-2H3. The lowest BCUT2D eigenvalue weighted by Gasteiger charge is -2.45. The monoisotopic (exact) mass is 209 g/mol. The minimum absolute atomic E-state index is 1.01. The second-order valence-corrected chi connectivity index (χ2v) is 5.76. The second kappa shape index (κ2) is 5.34. The highest BCUT2D eigenvalue weighted by molar-refractivity contribution is 4.89. The molecule has 0 aromatic heterocycles. The third kappa shape index (κ3) is 2.55. The van der Waals surface area contributed by atoms with Gasteiger partial charge in [-0.05, 0) is 56.5 Å². The highest BCUT2D eigenvalue weighted by atomic mass is 14.8. The van der Waals surface area contributed by atoms with Gasteiger partial charge in [0.05, 0.1) is 0 Å². The first-order valence-corrected chi connectivity index (χ1v) is 6.99. The van der Waals surface area contributed by atoms with E-state index in [9.17, 15) is 0 Å². The number of hydrogen-bond acceptors (Lipinski definition) is 1. The maximum absolute atomic E-state index is 3.36. The van der Waals surface area contributed by atoms with Gasteiger partial charge in [0.25, 0.3) is 0 Å². The molecule has 2 aliphatic rings. The number of nitrogens with one attached hydrogen (secondary N) is 1. The average molecular weight is 209 g/mol. The number of hydrogen-bond donors (Lipinski definition) is 1. The van der Waals surface area contributed by atoms with Crippen molar-refractivity contribution in [3.05, 3.63) is 0 Å². The zero-order valence-corrected chi connectivity index (χ0v) is 10.5. The van der Waals surface area contributed by atoms with Crippen molar-refractivity contribution < 1.29 is 0 Å². The summed E-state index contributed by atoms with van der Waals surface area (Å²) in [6.07, 6.45) is 10.5. The van der Waals surface area contributed by atoms with Crippen molar-refractivity contribution in [2.24, 2.45) is 23.7 Å². The molecule has 1 heteroatoms. The third-order valence-electron chi connectivity index (χ3n) is 4.95. The van der Waals surface area contributed by atoms with Crippen LogP contribution in [0.15, 0.2) is 0 Å². The van der Waals surface area contributed by atoms with E-state index < -0.39 is 0 Å². The zero-order valence-electron chi connectivity index (χ0n) is 10.5. The van der Waals surface area contributed by atoms with Gasteiger partial charge in [0, 0.05) is 0 Å². The highest BCUT2D eigenvalue weighted by Gasteiger charge is 2.37. The van der Waals surface area contributed by atoms with Gasteiger partial charge in [-0.25, -0.2) is 0 Å². The third-order valence-corrected chi connectivity index (χ3v) is 4.95. The van der Waals surface area contributed by atoms with Crippen molar-refractivity contribution in [2.45, 2.75) is 51.9 Å². The summed E-state index contributed by atoms with van der Waals surface area (Å²) in [4.78, 5) is 0. The first kappa shape index (κ1) is 11.4. The van der Waals surface area contributed by atoms with E-state index >= 15 is 0 Å². The minimum Gasteiger partial charge on any atom is -0.319 e. The Morgan fingerprint density at radius 1 is 1.13 bits per heavy atom. The van der Waals surface area contributed by atoms with E-state index in [1.54, 1.807) is 6.42 Å². The molecule has 0 spiro atoms. The van der Waals surface area contributed by atoms with Gasteiger partial charge in [0.2, 0.25) is 0 Å². The largest absolute Gasteiger partial charge is 0.319 e. The summed E-state index contributed by atoms with van der Waals surface area (Å²) in [7, 11) is 2.10. The van der Waals surface area contributed by atoms with Gasteiger partial charge >= 0.3 is 0 Å². The summed E-state index contributed by atoms with van der Waals surface area (Å²) in [6.45, 7) is 3.64. The molecule has 0 amide bonds. The van der Waals surface area contributed by atoms with E-state index in [2.05, 4.69) is 19.3 Å². The molecule has 0 saturated heterocycles. The molecule has 0 aromatic carbocycles. The van der Waals surface area contributed by atoms with Crippen LogP contribution in [0.2, 0.25) is 0 Å². The van der Waals surface area contributed by atoms with Crippen molar-refractivity contribution in [3.8, 4) is 0 Å². The van der Waals surface area contributed by atoms with Gasteiger partial charge in [-0.2, -0.15) is 0 Å². The molecule has 2 rings (SSSR count). The molecular weight excluding hydrogens is 182 g/mol. The molecule has 1 nitrogen and oxygen atoms in total. The lowest BCUT2D eigenvalue weighted by Crippen LogP contribution is -2.39. The minimum atomic E-state index is 1.01. The van der Waals surface area contributed by atoms with E-state index in [1.165, 1.54) is 45.1 Å². The van der Waals surface area contributed by atoms with Crippen LogP contribution < -0.4 is 5.32 Å². The smallest absolute Gasteiger partial charge is 0.00208 e. The SMILES string of the molecule is CCC1CCCC(C2CCC2CNC)C1. The fourth-order valence-corrected chi connectivity index (χ4v) is 3.82. The molecule has 15 heavy (non-hydrogen) atoms. The Morgan fingerprint density at radius 3 is 2.60 bits per heavy atom. The maximum Gasteiger partial charge on any atom is -0.00208 e. The van der Waals surface area contributed by atoms with Gasteiger partial charge in [0.15, 0.2) is 0 Å². The van der Waals surface area contributed by atoms with Crippen LogP contribution in [0.5, 0.6) is 0 Å². The topological polar surface area (TPSA) is 12.0 Å². The lowest BCUT2D eigenvalue weighted by molar-refractivity contribution is 0.0632. The van der Waals surface area contributed by atoms with Crippen molar-refractivity contribution in [1.29, 1.82) is 0 Å². The van der Waals surface area contributed by atoms with Crippen LogP contribution >= 0.6 is 0 Å². The van der Waals surface area contributed by atoms with Gasteiger partial charge < -0.3 is 5.32 Å². The van der Waals surface area contributed by atoms with Crippen LogP contribution in [0.25, 0.3) is 0 Å². The zero-order chi connectivity index (χ0) is 10.7. The Morgan fingerprint density at radius 2 is 2.00 bits per heavy atom. The molecule has 0 aromatic rings. The Bertz CT molecular complexity index is 190. The fourth-order valence-electron chi connectivity index (χ4n) is 3.82. The van der Waals surface area contributed by atoms with Gasteiger partial charge in [-0.3, -0.25) is 0 Å². The summed E-state index contributed by atoms with van der Waals surface area (Å²) in [5.74, 6) is 4.22. The summed E-state index contributed by atoms with van der Waals surface area (Å²) >= 11 is 0. The summed E-state index contributed by atoms with van der Waals surface area (Å²) in [5.41, 5.74) is 0. The first-order chi connectivity index (χ1) is 7.35. The molecular formula is C14H27N. The fraction of sp³-hybridized carbons (Fsp3) is 1.00. The molecule has 1 N–H and O–H groups in total. The van der Waals surface area contributed by atoms with Crippen molar-refractivity contribution in [2.75, 3.05) is 13.6 Å². The van der Waals surface area contributed by atoms with Crippen LogP contribution in [-0.4, -0.2) is 13.6 Å². The van der Waals surface area contributed by atoms with Crippen molar-refractivity contribution in [3.63, 3.8) is 0 Å². The first-order valence-electron chi connectivity index (χ1n) is 6.99. The van der Waals surface area contributed by atoms with Crippen LogP contribution in [-0.2, 0) is 0 Å². The summed E-state index contributed by atoms with van der Waals surface area (Å²) < 4.78 is 0. The van der Waals surface area contributed by atoms with E-state index in [0.717, 1.165) is 23.7 Å². The average Bonchev–Trinajstić information content (AvgIpc) is 2.25. The van der Waals surface area contributed by atoms with Gasteiger partial charge in [-0.1, -0.05) is 32.6 Å². The van der Waals surface area contributed by atoms with E-state index in [0.29, 0.717) is 0 Å². The van der Waals surface area contributed by atoms with Crippen molar-refractivity contribution >= 4 is 0 Å². The molecule has 2 saturated carbocycles. The van der Waals surface area contributed by atoms with Crippen LogP contribution in [0.4, 0.5) is 0 Å². The van der Waals surface area contributed by atoms with Crippen molar-refractivity contribution in [1.82, 2.24) is 5.32 Å². The highest BCUT2D eigenvalue weighted by Crippen LogP contribution is 2.46. The number of rotatable bonds is 4. The molecule has 2 aliphatic carbocycles. The van der Waals surface area contributed by atoms with E-state index in [4.69, 9.17) is 0 Å².